The number of fused-ring (bicyclic) bond motifs is 1. The molecule has 2 heterocycles. The Morgan fingerprint density at radius 2 is 1.72 bits per heavy atom. The summed E-state index contributed by atoms with van der Waals surface area (Å²) < 4.78 is 71.7. The molecule has 4 aromatic rings. The summed E-state index contributed by atoms with van der Waals surface area (Å²) in [5.41, 5.74) is -1.54. The van der Waals surface area contributed by atoms with E-state index in [0.29, 0.717) is 22.5 Å². The van der Waals surface area contributed by atoms with Gasteiger partial charge < -0.3 is 0 Å². The maximum atomic E-state index is 15.8. The van der Waals surface area contributed by atoms with Crippen molar-refractivity contribution in [2.24, 2.45) is 0 Å². The van der Waals surface area contributed by atoms with Gasteiger partial charge in [0.25, 0.3) is 5.92 Å². The van der Waals surface area contributed by atoms with Gasteiger partial charge in [-0.15, -0.1) is 5.10 Å². The molecule has 1 atom stereocenters. The fourth-order valence-electron chi connectivity index (χ4n) is 3.31. The zero-order valence-corrected chi connectivity index (χ0v) is 17.4. The van der Waals surface area contributed by atoms with E-state index in [1.54, 1.807) is 6.07 Å². The summed E-state index contributed by atoms with van der Waals surface area (Å²) in [5, 5.41) is 11.0. The largest absolute Gasteiger partial charge is 0.416 e. The van der Waals surface area contributed by atoms with E-state index in [2.05, 4.69) is 20.5 Å². The van der Waals surface area contributed by atoms with Gasteiger partial charge in [0.2, 0.25) is 0 Å². The first-order chi connectivity index (χ1) is 15.1. The summed E-state index contributed by atoms with van der Waals surface area (Å²) in [6, 6.07) is 9.45. The highest BCUT2D eigenvalue weighted by Crippen LogP contribution is 2.46. The SMILES string of the molecule is FC(F)(F)c1ccc(C(Cn2cnnn2)C(F)(F)c2ccc3cc(Cl)ccc3n2)c(Cl)c1. The lowest BCUT2D eigenvalue weighted by atomic mass is 9.89. The third-order valence-electron chi connectivity index (χ3n) is 4.89. The maximum absolute atomic E-state index is 15.8. The van der Waals surface area contributed by atoms with Crippen LogP contribution in [0, 0.1) is 0 Å². The Hall–Kier alpha value is -2.85. The van der Waals surface area contributed by atoms with Crippen molar-refractivity contribution in [2.75, 3.05) is 0 Å². The molecule has 0 aliphatic heterocycles. The third-order valence-corrected chi connectivity index (χ3v) is 5.46. The Morgan fingerprint density at radius 3 is 2.38 bits per heavy atom. The summed E-state index contributed by atoms with van der Waals surface area (Å²) in [6.45, 7) is -0.453. The second-order valence-electron chi connectivity index (χ2n) is 6.97. The number of hydrogen-bond acceptors (Lipinski definition) is 4. The fourth-order valence-corrected chi connectivity index (χ4v) is 3.80. The van der Waals surface area contributed by atoms with Gasteiger partial charge in [0.15, 0.2) is 0 Å². The Labute approximate surface area is 187 Å². The molecule has 166 valence electrons. The van der Waals surface area contributed by atoms with Gasteiger partial charge in [0.05, 0.1) is 23.5 Å². The van der Waals surface area contributed by atoms with Crippen LogP contribution in [0.15, 0.2) is 54.9 Å². The molecule has 2 aromatic carbocycles. The number of nitrogens with zero attached hydrogens (tertiary/aromatic N) is 5. The van der Waals surface area contributed by atoms with Crippen LogP contribution in [0.3, 0.4) is 0 Å². The van der Waals surface area contributed by atoms with E-state index in [-0.39, 0.29) is 11.1 Å². The van der Waals surface area contributed by atoms with E-state index in [9.17, 15) is 13.2 Å². The van der Waals surface area contributed by atoms with Gasteiger partial charge >= 0.3 is 6.18 Å². The van der Waals surface area contributed by atoms with Gasteiger partial charge in [-0.25, -0.2) is 9.67 Å². The second kappa shape index (κ2) is 8.25. The normalized spacial score (nSPS) is 13.5. The predicted molar refractivity (Wildman–Crippen MR) is 108 cm³/mol. The lowest BCUT2D eigenvalue weighted by molar-refractivity contribution is -0.137. The van der Waals surface area contributed by atoms with Crippen molar-refractivity contribution in [3.8, 4) is 0 Å². The molecule has 1 unspecified atom stereocenters. The second-order valence-corrected chi connectivity index (χ2v) is 7.82. The van der Waals surface area contributed by atoms with E-state index in [0.717, 1.165) is 23.1 Å². The van der Waals surface area contributed by atoms with Crippen LogP contribution in [0.4, 0.5) is 22.0 Å². The fraction of sp³-hybridized carbons (Fsp3) is 0.200. The van der Waals surface area contributed by atoms with E-state index in [4.69, 9.17) is 23.2 Å². The van der Waals surface area contributed by atoms with Crippen LogP contribution in [0.25, 0.3) is 10.9 Å². The van der Waals surface area contributed by atoms with Gasteiger partial charge in [0, 0.05) is 15.4 Å². The van der Waals surface area contributed by atoms with Crippen molar-refractivity contribution in [1.82, 2.24) is 25.2 Å². The Morgan fingerprint density at radius 1 is 0.938 bits per heavy atom. The van der Waals surface area contributed by atoms with Crippen molar-refractivity contribution >= 4 is 34.1 Å². The van der Waals surface area contributed by atoms with Crippen molar-refractivity contribution in [3.05, 3.63) is 81.7 Å². The molecule has 0 aliphatic carbocycles. The Balaban J connectivity index is 1.82. The van der Waals surface area contributed by atoms with Gasteiger partial charge in [-0.3, -0.25) is 0 Å². The van der Waals surface area contributed by atoms with E-state index >= 15 is 8.78 Å². The highest BCUT2D eigenvalue weighted by Gasteiger charge is 2.45. The van der Waals surface area contributed by atoms with Crippen LogP contribution in [0.5, 0.6) is 0 Å². The lowest BCUT2D eigenvalue weighted by Crippen LogP contribution is -2.29. The smallest absolute Gasteiger partial charge is 0.246 e. The quantitative estimate of drug-likeness (QED) is 0.318. The number of pyridine rings is 1. The Kier molecular flexibility index (Phi) is 5.76. The van der Waals surface area contributed by atoms with E-state index < -0.39 is 40.8 Å². The number of aromatic nitrogens is 5. The minimum atomic E-state index is -4.67. The zero-order chi connectivity index (χ0) is 23.1. The van der Waals surface area contributed by atoms with Crippen LogP contribution in [0.1, 0.15) is 22.7 Å². The number of rotatable bonds is 5. The molecule has 0 amide bonds. The van der Waals surface area contributed by atoms with Gasteiger partial charge in [-0.05, 0) is 52.4 Å². The molecule has 4 rings (SSSR count). The van der Waals surface area contributed by atoms with Crippen molar-refractivity contribution in [2.45, 2.75) is 24.6 Å². The van der Waals surface area contributed by atoms with Gasteiger partial charge in [-0.2, -0.15) is 22.0 Å². The molecule has 0 radical (unpaired) electrons. The molecule has 2 aromatic heterocycles. The molecular weight excluding hydrogens is 476 g/mol. The number of tetrazole rings is 1. The zero-order valence-electron chi connectivity index (χ0n) is 15.9. The summed E-state index contributed by atoms with van der Waals surface area (Å²) >= 11 is 12.0. The molecule has 0 fully saturated rings. The van der Waals surface area contributed by atoms with Crippen molar-refractivity contribution in [3.63, 3.8) is 0 Å². The minimum Gasteiger partial charge on any atom is -0.246 e. The molecule has 0 saturated heterocycles. The van der Waals surface area contributed by atoms with E-state index in [1.165, 1.54) is 18.2 Å². The standard InChI is InChI=1S/C20H12Cl2F5N5/c21-13-3-5-17-11(7-13)1-6-18(29-17)19(23,24)15(9-32-10-28-30-31-32)14-4-2-12(8-16(14)22)20(25,26)27/h1-8,10,15H,9H2. The molecule has 0 spiro atoms. The first-order valence-corrected chi connectivity index (χ1v) is 9.83. The number of alkyl halides is 5. The molecule has 0 bridgehead atoms. The topological polar surface area (TPSA) is 56.5 Å². The molecule has 5 nitrogen and oxygen atoms in total. The number of hydrogen-bond donors (Lipinski definition) is 0. The molecule has 0 N–H and O–H groups in total. The molecule has 0 aliphatic rings. The summed E-state index contributed by atoms with van der Waals surface area (Å²) in [7, 11) is 0. The first-order valence-electron chi connectivity index (χ1n) is 9.08. The summed E-state index contributed by atoms with van der Waals surface area (Å²) in [4.78, 5) is 4.06. The van der Waals surface area contributed by atoms with Gasteiger partial charge in [-0.1, -0.05) is 35.3 Å². The van der Waals surface area contributed by atoms with Gasteiger partial charge in [0.1, 0.15) is 12.0 Å². The van der Waals surface area contributed by atoms with Crippen LogP contribution in [-0.2, 0) is 18.6 Å². The van der Waals surface area contributed by atoms with Crippen LogP contribution >= 0.6 is 23.2 Å². The Bertz CT molecular complexity index is 1260. The average Bonchev–Trinajstić information content (AvgIpc) is 3.24. The van der Waals surface area contributed by atoms with E-state index in [1.807, 2.05) is 0 Å². The molecule has 12 heteroatoms. The molecule has 32 heavy (non-hydrogen) atoms. The van der Waals surface area contributed by atoms with Crippen LogP contribution < -0.4 is 0 Å². The highest BCUT2D eigenvalue weighted by atomic mass is 35.5. The summed E-state index contributed by atoms with van der Waals surface area (Å²) in [5.74, 6) is -5.35. The van der Waals surface area contributed by atoms with Crippen LogP contribution in [0.2, 0.25) is 10.0 Å². The van der Waals surface area contributed by atoms with Crippen molar-refractivity contribution < 1.29 is 22.0 Å². The monoisotopic (exact) mass is 487 g/mol. The number of halogens is 7. The average molecular weight is 488 g/mol. The third kappa shape index (κ3) is 4.37. The molecule has 0 saturated carbocycles. The minimum absolute atomic E-state index is 0.196. The predicted octanol–water partition coefficient (Wildman–Crippen LogP) is 6.12. The van der Waals surface area contributed by atoms with Crippen LogP contribution in [-0.4, -0.2) is 25.2 Å². The first kappa shape index (κ1) is 22.3. The highest BCUT2D eigenvalue weighted by molar-refractivity contribution is 6.31. The lowest BCUT2D eigenvalue weighted by Gasteiger charge is -2.28. The summed E-state index contributed by atoms with van der Waals surface area (Å²) in [6.07, 6.45) is -3.55. The van der Waals surface area contributed by atoms with Crippen molar-refractivity contribution in [1.29, 1.82) is 0 Å². The number of benzene rings is 2. The maximum Gasteiger partial charge on any atom is 0.416 e. The molecular formula is C20H12Cl2F5N5.